The fourth-order valence-electron chi connectivity index (χ4n) is 2.92. The molecule has 2 aromatic rings. The van der Waals surface area contributed by atoms with Crippen LogP contribution in [0.5, 0.6) is 5.75 Å². The largest absolute Gasteiger partial charge is 0.433 e. The van der Waals surface area contributed by atoms with Gasteiger partial charge < -0.3 is 9.72 Å². The number of para-hydroxylation sites is 1. The summed E-state index contributed by atoms with van der Waals surface area (Å²) in [6.45, 7) is -2.90. The molecule has 0 saturated heterocycles. The number of ether oxygens (including phenoxy) is 1. The van der Waals surface area contributed by atoms with Gasteiger partial charge in [-0.15, -0.1) is 0 Å². The van der Waals surface area contributed by atoms with E-state index in [4.69, 9.17) is 0 Å². The highest BCUT2D eigenvalue weighted by Crippen LogP contribution is 2.34. The lowest BCUT2D eigenvalue weighted by molar-refractivity contribution is -0.0489. The molecule has 1 saturated carbocycles. The van der Waals surface area contributed by atoms with Crippen molar-refractivity contribution in [1.29, 1.82) is 0 Å². The third kappa shape index (κ3) is 2.40. The second kappa shape index (κ2) is 5.23. The van der Waals surface area contributed by atoms with Gasteiger partial charge in [-0.25, -0.2) is 0 Å². The monoisotopic (exact) mass is 279 g/mol. The van der Waals surface area contributed by atoms with Crippen LogP contribution in [0.3, 0.4) is 0 Å². The van der Waals surface area contributed by atoms with E-state index >= 15 is 0 Å². The molecule has 1 N–H and O–H groups in total. The standard InChI is InChI=1S/C15H15F2NO2/c16-15(17)20-13-7-3-6-10-12(19)8-11(18-14(10)13)9-4-1-2-5-9/h3,6-9,15H,1-2,4-5H2,(H,18,19). The number of aromatic nitrogens is 1. The topological polar surface area (TPSA) is 42.1 Å². The highest BCUT2D eigenvalue weighted by molar-refractivity contribution is 5.84. The fourth-order valence-corrected chi connectivity index (χ4v) is 2.92. The highest BCUT2D eigenvalue weighted by atomic mass is 19.3. The molecule has 1 aromatic carbocycles. The number of aromatic amines is 1. The lowest BCUT2D eigenvalue weighted by atomic mass is 10.0. The zero-order chi connectivity index (χ0) is 14.1. The molecule has 0 unspecified atom stereocenters. The summed E-state index contributed by atoms with van der Waals surface area (Å²) >= 11 is 0. The molecule has 0 aliphatic heterocycles. The van der Waals surface area contributed by atoms with Crippen molar-refractivity contribution in [1.82, 2.24) is 4.98 Å². The smallest absolute Gasteiger partial charge is 0.387 e. The number of benzene rings is 1. The molecule has 0 spiro atoms. The molecule has 0 amide bonds. The van der Waals surface area contributed by atoms with Gasteiger partial charge in [0.1, 0.15) is 5.75 Å². The quantitative estimate of drug-likeness (QED) is 0.928. The Hall–Kier alpha value is -1.91. The summed E-state index contributed by atoms with van der Waals surface area (Å²) in [6.07, 6.45) is 4.33. The number of alkyl halides is 2. The average molecular weight is 279 g/mol. The van der Waals surface area contributed by atoms with Crippen molar-refractivity contribution in [2.75, 3.05) is 0 Å². The Kier molecular flexibility index (Phi) is 3.42. The maximum Gasteiger partial charge on any atom is 0.387 e. The van der Waals surface area contributed by atoms with Crippen LogP contribution < -0.4 is 10.2 Å². The van der Waals surface area contributed by atoms with Crippen molar-refractivity contribution in [3.63, 3.8) is 0 Å². The van der Waals surface area contributed by atoms with E-state index in [0.717, 1.165) is 31.4 Å². The van der Waals surface area contributed by atoms with E-state index in [1.807, 2.05) is 0 Å². The van der Waals surface area contributed by atoms with Gasteiger partial charge >= 0.3 is 6.61 Å². The van der Waals surface area contributed by atoms with Gasteiger partial charge in [-0.05, 0) is 30.9 Å². The zero-order valence-corrected chi connectivity index (χ0v) is 10.9. The van der Waals surface area contributed by atoms with E-state index in [9.17, 15) is 13.6 Å². The summed E-state index contributed by atoms with van der Waals surface area (Å²) in [5.41, 5.74) is 1.04. The molecule has 0 bridgehead atoms. The SMILES string of the molecule is O=c1cc(C2CCCC2)[nH]c2c(OC(F)F)cccc12. The van der Waals surface area contributed by atoms with Crippen LogP contribution in [0, 0.1) is 0 Å². The van der Waals surface area contributed by atoms with Crippen molar-refractivity contribution in [3.8, 4) is 5.75 Å². The molecule has 3 nitrogen and oxygen atoms in total. The predicted molar refractivity (Wildman–Crippen MR) is 72.4 cm³/mol. The van der Waals surface area contributed by atoms with E-state index in [-0.39, 0.29) is 11.2 Å². The van der Waals surface area contributed by atoms with Gasteiger partial charge in [0, 0.05) is 17.1 Å². The lowest BCUT2D eigenvalue weighted by Gasteiger charge is -2.13. The summed E-state index contributed by atoms with van der Waals surface area (Å²) in [4.78, 5) is 15.3. The molecule has 1 fully saturated rings. The molecular formula is C15H15F2NO2. The van der Waals surface area contributed by atoms with Crippen LogP contribution in [0.25, 0.3) is 10.9 Å². The Morgan fingerprint density at radius 3 is 2.70 bits per heavy atom. The van der Waals surface area contributed by atoms with Crippen LogP contribution in [0.15, 0.2) is 29.1 Å². The Morgan fingerprint density at radius 1 is 1.25 bits per heavy atom. The van der Waals surface area contributed by atoms with E-state index in [2.05, 4.69) is 9.72 Å². The first kappa shape index (κ1) is 13.1. The minimum atomic E-state index is -2.90. The van der Waals surface area contributed by atoms with Crippen LogP contribution in [0.2, 0.25) is 0 Å². The molecule has 20 heavy (non-hydrogen) atoms. The molecule has 1 aromatic heterocycles. The molecule has 1 aliphatic carbocycles. The van der Waals surface area contributed by atoms with Crippen molar-refractivity contribution in [2.24, 2.45) is 0 Å². The summed E-state index contributed by atoms with van der Waals surface area (Å²) in [7, 11) is 0. The molecular weight excluding hydrogens is 264 g/mol. The number of H-pyrrole nitrogens is 1. The minimum Gasteiger partial charge on any atom is -0.433 e. The molecule has 3 rings (SSSR count). The van der Waals surface area contributed by atoms with Crippen LogP contribution in [-0.4, -0.2) is 11.6 Å². The maximum atomic E-state index is 12.4. The lowest BCUT2D eigenvalue weighted by Crippen LogP contribution is -2.10. The first-order valence-corrected chi connectivity index (χ1v) is 6.76. The number of nitrogens with one attached hydrogen (secondary N) is 1. The molecule has 0 atom stereocenters. The van der Waals surface area contributed by atoms with Gasteiger partial charge in [0.05, 0.1) is 5.52 Å². The maximum absolute atomic E-state index is 12.4. The van der Waals surface area contributed by atoms with E-state index < -0.39 is 6.61 Å². The number of hydrogen-bond acceptors (Lipinski definition) is 2. The van der Waals surface area contributed by atoms with Gasteiger partial charge in [-0.1, -0.05) is 18.9 Å². The molecule has 5 heteroatoms. The van der Waals surface area contributed by atoms with E-state index in [1.54, 1.807) is 18.2 Å². The Balaban J connectivity index is 2.14. The van der Waals surface area contributed by atoms with Crippen LogP contribution in [0.1, 0.15) is 37.3 Å². The summed E-state index contributed by atoms with van der Waals surface area (Å²) in [6, 6.07) is 6.20. The average Bonchev–Trinajstić information content (AvgIpc) is 2.93. The van der Waals surface area contributed by atoms with E-state index in [0.29, 0.717) is 16.8 Å². The summed E-state index contributed by atoms with van der Waals surface area (Å²) < 4.78 is 29.4. The summed E-state index contributed by atoms with van der Waals surface area (Å²) in [5.74, 6) is 0.334. The number of rotatable bonds is 3. The number of pyridine rings is 1. The molecule has 0 radical (unpaired) electrons. The second-order valence-corrected chi connectivity index (χ2v) is 5.13. The van der Waals surface area contributed by atoms with Crippen molar-refractivity contribution in [3.05, 3.63) is 40.2 Å². The Labute approximate surface area is 114 Å². The highest BCUT2D eigenvalue weighted by Gasteiger charge is 2.20. The Morgan fingerprint density at radius 2 is 2.00 bits per heavy atom. The number of fused-ring (bicyclic) bond motifs is 1. The summed E-state index contributed by atoms with van der Waals surface area (Å²) in [5, 5.41) is 0.380. The van der Waals surface area contributed by atoms with Crippen LogP contribution >= 0.6 is 0 Å². The van der Waals surface area contributed by atoms with Crippen molar-refractivity contribution >= 4 is 10.9 Å². The third-order valence-electron chi connectivity index (χ3n) is 3.86. The van der Waals surface area contributed by atoms with E-state index in [1.165, 1.54) is 6.07 Å². The van der Waals surface area contributed by atoms with Gasteiger partial charge in [-0.3, -0.25) is 4.79 Å². The third-order valence-corrected chi connectivity index (χ3v) is 3.86. The number of hydrogen-bond donors (Lipinski definition) is 1. The minimum absolute atomic E-state index is 0.0226. The Bertz CT molecular complexity index is 675. The van der Waals surface area contributed by atoms with Gasteiger partial charge in [-0.2, -0.15) is 8.78 Å². The van der Waals surface area contributed by atoms with Crippen LogP contribution in [-0.2, 0) is 0 Å². The van der Waals surface area contributed by atoms with Gasteiger partial charge in [0.15, 0.2) is 5.43 Å². The molecule has 1 heterocycles. The van der Waals surface area contributed by atoms with Crippen LogP contribution in [0.4, 0.5) is 8.78 Å². The van der Waals surface area contributed by atoms with Crippen molar-refractivity contribution < 1.29 is 13.5 Å². The normalized spacial score (nSPS) is 16.1. The number of halogens is 2. The zero-order valence-electron chi connectivity index (χ0n) is 10.9. The first-order chi connectivity index (χ1) is 9.65. The van der Waals surface area contributed by atoms with Gasteiger partial charge in [0.2, 0.25) is 0 Å². The van der Waals surface area contributed by atoms with Crippen molar-refractivity contribution in [2.45, 2.75) is 38.2 Å². The van der Waals surface area contributed by atoms with Gasteiger partial charge in [0.25, 0.3) is 0 Å². The first-order valence-electron chi connectivity index (χ1n) is 6.76. The second-order valence-electron chi connectivity index (χ2n) is 5.13. The predicted octanol–water partition coefficient (Wildman–Crippen LogP) is 3.79. The fraction of sp³-hybridized carbons (Fsp3) is 0.400. The molecule has 106 valence electrons. The molecule has 1 aliphatic rings.